The van der Waals surface area contributed by atoms with Gasteiger partial charge in [0.15, 0.2) is 0 Å². The topological polar surface area (TPSA) is 68.4 Å². The molecule has 28 heavy (non-hydrogen) atoms. The second-order valence-electron chi connectivity index (χ2n) is 7.31. The fourth-order valence-corrected chi connectivity index (χ4v) is 5.35. The van der Waals surface area contributed by atoms with Crippen LogP contribution in [0.4, 0.5) is 0 Å². The van der Waals surface area contributed by atoms with E-state index in [9.17, 15) is 0 Å². The first-order chi connectivity index (χ1) is 13.5. The molecule has 0 saturated heterocycles. The fourth-order valence-electron chi connectivity index (χ4n) is 3.58. The van der Waals surface area contributed by atoms with Crippen molar-refractivity contribution in [2.75, 3.05) is 7.11 Å². The van der Waals surface area contributed by atoms with Gasteiger partial charge in [-0.2, -0.15) is 0 Å². The first-order valence-electron chi connectivity index (χ1n) is 9.22. The van der Waals surface area contributed by atoms with Gasteiger partial charge in [-0.25, -0.2) is 0 Å². The molecule has 4 heterocycles. The molecule has 7 nitrogen and oxygen atoms in total. The van der Waals surface area contributed by atoms with Gasteiger partial charge in [-0.05, 0) is 0 Å². The molecule has 0 aliphatic carbocycles. The molecule has 144 valence electrons. The second-order valence-corrected chi connectivity index (χ2v) is 9.51. The van der Waals surface area contributed by atoms with Gasteiger partial charge in [-0.1, -0.05) is 0 Å². The number of methoxy groups -OCH3 is 1. The average Bonchev–Trinajstić information content (AvgIpc) is 3.34. The summed E-state index contributed by atoms with van der Waals surface area (Å²) in [6, 6.07) is 5.92. The van der Waals surface area contributed by atoms with Crippen LogP contribution in [0.15, 0.2) is 18.2 Å². The zero-order valence-electron chi connectivity index (χ0n) is 16.0. The van der Waals surface area contributed by atoms with Crippen LogP contribution in [-0.4, -0.2) is 53.4 Å². The van der Waals surface area contributed by atoms with Crippen molar-refractivity contribution in [1.29, 1.82) is 0 Å². The van der Waals surface area contributed by atoms with Crippen LogP contribution in [0, 0.1) is 0 Å². The Bertz CT molecular complexity index is 1180. The standard InChI is InChI=1S/C19H21AsN6OS/c1-10(2)18-21-12-7-25(8-14(12)28-18)9-15-22-17-11-5-4-6-13(27-3)16(11)23-19(20)26(17)24-15/h4-6,10H,7-9,20H2,1-3H3. The Hall–Kier alpha value is -2.02. The van der Waals surface area contributed by atoms with Crippen LogP contribution in [0.1, 0.15) is 41.2 Å². The molecule has 1 atom stereocenters. The minimum absolute atomic E-state index is 0.492. The van der Waals surface area contributed by atoms with Crippen LogP contribution < -0.4 is 9.35 Å². The number of hydrogen-bond donors (Lipinski definition) is 0. The number of rotatable bonds is 4. The maximum atomic E-state index is 5.47. The van der Waals surface area contributed by atoms with Crippen molar-refractivity contribution in [1.82, 2.24) is 29.5 Å². The summed E-state index contributed by atoms with van der Waals surface area (Å²) in [7, 11) is 1.67. The summed E-state index contributed by atoms with van der Waals surface area (Å²) >= 11 is 3.26. The molecule has 0 saturated carbocycles. The molecular weight excluding hydrogens is 435 g/mol. The number of aromatic nitrogens is 5. The molecule has 0 amide bonds. The Labute approximate surface area is 175 Å². The Balaban J connectivity index is 1.46. The maximum absolute atomic E-state index is 5.47. The van der Waals surface area contributed by atoms with Crippen molar-refractivity contribution in [3.8, 4) is 5.75 Å². The summed E-state index contributed by atoms with van der Waals surface area (Å²) in [4.78, 5) is 18.1. The van der Waals surface area contributed by atoms with Crippen molar-refractivity contribution in [2.45, 2.75) is 39.4 Å². The summed E-state index contributed by atoms with van der Waals surface area (Å²) in [5.74, 6) is 2.07. The molecule has 4 aromatic rings. The molecule has 9 heteroatoms. The Morgan fingerprint density at radius 1 is 1.21 bits per heavy atom. The molecule has 0 N–H and O–H groups in total. The number of fused-ring (bicyclic) bond motifs is 4. The van der Waals surface area contributed by atoms with E-state index in [0.717, 1.165) is 45.8 Å². The van der Waals surface area contributed by atoms with E-state index < -0.39 is 0 Å². The summed E-state index contributed by atoms with van der Waals surface area (Å²) < 4.78 is 8.19. The summed E-state index contributed by atoms with van der Waals surface area (Å²) in [6.45, 7) is 6.89. The molecule has 0 bridgehead atoms. The molecule has 1 unspecified atom stereocenters. The SMILES string of the molecule is COc1cccc2c1nc([AsH2])n1nc(CN3Cc4nc(C(C)C)sc4C3)nc21. The minimum atomic E-state index is 0.492. The monoisotopic (exact) mass is 456 g/mol. The predicted octanol–water partition coefficient (Wildman–Crippen LogP) is 1.64. The molecule has 1 aliphatic heterocycles. The van der Waals surface area contributed by atoms with Crippen LogP contribution >= 0.6 is 11.3 Å². The quantitative estimate of drug-likeness (QED) is 0.435. The molecule has 1 aliphatic rings. The van der Waals surface area contributed by atoms with E-state index in [2.05, 4.69) is 18.7 Å². The van der Waals surface area contributed by atoms with Crippen LogP contribution in [0.25, 0.3) is 16.6 Å². The van der Waals surface area contributed by atoms with Gasteiger partial charge in [0.25, 0.3) is 0 Å². The number of para-hydroxylation sites is 1. The molecule has 0 radical (unpaired) electrons. The number of benzene rings is 1. The van der Waals surface area contributed by atoms with Crippen LogP contribution in [-0.2, 0) is 19.6 Å². The molecule has 0 fully saturated rings. The van der Waals surface area contributed by atoms with Gasteiger partial charge in [0.1, 0.15) is 0 Å². The number of hydrogen-bond acceptors (Lipinski definition) is 7. The third kappa shape index (κ3) is 2.91. The Kier molecular flexibility index (Phi) is 4.38. The molecule has 3 aromatic heterocycles. The third-order valence-electron chi connectivity index (χ3n) is 4.95. The van der Waals surface area contributed by atoms with Crippen molar-refractivity contribution >= 4 is 49.4 Å². The summed E-state index contributed by atoms with van der Waals surface area (Å²) in [6.07, 6.45) is 0. The van der Waals surface area contributed by atoms with Gasteiger partial charge in [0, 0.05) is 0 Å². The average molecular weight is 456 g/mol. The van der Waals surface area contributed by atoms with Gasteiger partial charge in [-0.3, -0.25) is 0 Å². The van der Waals surface area contributed by atoms with E-state index >= 15 is 0 Å². The fraction of sp³-hybridized carbons (Fsp3) is 0.368. The van der Waals surface area contributed by atoms with Crippen molar-refractivity contribution in [2.24, 2.45) is 0 Å². The van der Waals surface area contributed by atoms with Crippen LogP contribution in [0.3, 0.4) is 0 Å². The second kappa shape index (κ2) is 6.79. The molecule has 0 spiro atoms. The Morgan fingerprint density at radius 2 is 2.07 bits per heavy atom. The number of nitrogens with zero attached hydrogens (tertiary/aromatic N) is 6. The van der Waals surface area contributed by atoms with Crippen LogP contribution in [0.2, 0.25) is 0 Å². The van der Waals surface area contributed by atoms with E-state index in [4.69, 9.17) is 24.8 Å². The number of ether oxygens (including phenoxy) is 1. The first-order valence-corrected chi connectivity index (χ1v) is 11.2. The molecular formula is C19H21AsN6OS. The van der Waals surface area contributed by atoms with Gasteiger partial charge in [0.2, 0.25) is 0 Å². The predicted molar refractivity (Wildman–Crippen MR) is 112 cm³/mol. The molecule has 5 rings (SSSR count). The normalized spacial score (nSPS) is 14.5. The van der Waals surface area contributed by atoms with Gasteiger partial charge in [0.05, 0.1) is 0 Å². The van der Waals surface area contributed by atoms with E-state index in [1.165, 1.54) is 32.4 Å². The molecule has 1 aromatic carbocycles. The van der Waals surface area contributed by atoms with Gasteiger partial charge in [-0.15, -0.1) is 0 Å². The summed E-state index contributed by atoms with van der Waals surface area (Å²) in [5.41, 5.74) is 2.89. The third-order valence-corrected chi connectivity index (χ3v) is 7.12. The van der Waals surface area contributed by atoms with E-state index in [1.807, 2.05) is 34.1 Å². The van der Waals surface area contributed by atoms with Crippen LogP contribution in [0.5, 0.6) is 5.75 Å². The van der Waals surface area contributed by atoms with E-state index in [0.29, 0.717) is 12.5 Å². The van der Waals surface area contributed by atoms with E-state index in [1.54, 1.807) is 7.11 Å². The van der Waals surface area contributed by atoms with Crippen molar-refractivity contribution < 1.29 is 4.74 Å². The van der Waals surface area contributed by atoms with E-state index in [-0.39, 0.29) is 0 Å². The first kappa shape index (κ1) is 18.0. The summed E-state index contributed by atoms with van der Waals surface area (Å²) in [5, 5.41) is 6.93. The zero-order valence-corrected chi connectivity index (χ0v) is 19.2. The zero-order chi connectivity index (χ0) is 19.4. The van der Waals surface area contributed by atoms with Gasteiger partial charge >= 0.3 is 175 Å². The van der Waals surface area contributed by atoms with Crippen molar-refractivity contribution in [3.63, 3.8) is 0 Å². The van der Waals surface area contributed by atoms with Gasteiger partial charge < -0.3 is 0 Å². The van der Waals surface area contributed by atoms with Crippen molar-refractivity contribution in [3.05, 3.63) is 39.6 Å². The Morgan fingerprint density at radius 3 is 2.82 bits per heavy atom. The number of thiazole rings is 1.